The van der Waals surface area contributed by atoms with Crippen LogP contribution in [-0.4, -0.2) is 76.4 Å². The van der Waals surface area contributed by atoms with Crippen LogP contribution >= 0.6 is 0 Å². The lowest BCUT2D eigenvalue weighted by molar-refractivity contribution is 0.0269. The number of nitrogens with one attached hydrogen (secondary N) is 2. The third-order valence-electron chi connectivity index (χ3n) is 6.06. The van der Waals surface area contributed by atoms with Crippen molar-refractivity contribution in [1.29, 1.82) is 0 Å². The lowest BCUT2D eigenvalue weighted by atomic mass is 9.93. The Labute approximate surface area is 183 Å². The van der Waals surface area contributed by atoms with Gasteiger partial charge in [0.25, 0.3) is 5.91 Å². The molecule has 3 N–H and O–H groups in total. The lowest BCUT2D eigenvalue weighted by Crippen LogP contribution is -2.53. The highest BCUT2D eigenvalue weighted by atomic mass is 16.5. The van der Waals surface area contributed by atoms with E-state index in [1.54, 1.807) is 6.20 Å². The van der Waals surface area contributed by atoms with Crippen molar-refractivity contribution in [2.24, 2.45) is 0 Å². The first-order valence-electron chi connectivity index (χ1n) is 11.2. The Morgan fingerprint density at radius 1 is 1.23 bits per heavy atom. The minimum Gasteiger partial charge on any atom is -0.393 e. The predicted octanol–water partition coefficient (Wildman–Crippen LogP) is 2.19. The van der Waals surface area contributed by atoms with E-state index in [-0.39, 0.29) is 23.6 Å². The van der Waals surface area contributed by atoms with Crippen molar-refractivity contribution >= 4 is 22.8 Å². The summed E-state index contributed by atoms with van der Waals surface area (Å²) in [6.07, 6.45) is 4.92. The maximum Gasteiger partial charge on any atom is 0.253 e. The number of ether oxygens (including phenoxy) is 1. The molecule has 1 saturated carbocycles. The summed E-state index contributed by atoms with van der Waals surface area (Å²) in [5.74, 6) is 0.399. The van der Waals surface area contributed by atoms with Gasteiger partial charge in [0.2, 0.25) is 5.95 Å². The van der Waals surface area contributed by atoms with Crippen molar-refractivity contribution in [2.75, 3.05) is 38.2 Å². The lowest BCUT2D eigenvalue weighted by Gasteiger charge is -2.35. The molecule has 8 heteroatoms. The number of rotatable bonds is 6. The molecule has 2 heterocycles. The maximum atomic E-state index is 13.2. The average molecular weight is 428 g/mol. The van der Waals surface area contributed by atoms with Crippen LogP contribution in [0.3, 0.4) is 0 Å². The molecule has 1 aromatic carbocycles. The molecule has 1 saturated heterocycles. The number of para-hydroxylation sites is 1. The number of anilines is 1. The Balaban J connectivity index is 1.48. The summed E-state index contributed by atoms with van der Waals surface area (Å²) in [4.78, 5) is 24.6. The topological polar surface area (TPSA) is 99.6 Å². The number of fused-ring (bicyclic) bond motifs is 1. The van der Waals surface area contributed by atoms with Gasteiger partial charge in [-0.2, -0.15) is 0 Å². The SMILES string of the molecule is CC(C)(CN1CCOCC1)NC(=O)c1cccc2cnc(NC3CCC(O)CC3)nc12. The molecule has 8 nitrogen and oxygen atoms in total. The number of nitrogens with zero attached hydrogens (tertiary/aromatic N) is 3. The minimum absolute atomic E-state index is 0.130. The van der Waals surface area contributed by atoms with Gasteiger partial charge in [0.15, 0.2) is 0 Å². The minimum atomic E-state index is -0.381. The van der Waals surface area contributed by atoms with Gasteiger partial charge >= 0.3 is 0 Å². The van der Waals surface area contributed by atoms with Gasteiger partial charge in [0.05, 0.1) is 30.4 Å². The fourth-order valence-corrected chi connectivity index (χ4v) is 4.44. The van der Waals surface area contributed by atoms with E-state index in [1.807, 2.05) is 32.0 Å². The molecule has 2 aromatic rings. The van der Waals surface area contributed by atoms with Gasteiger partial charge in [-0.15, -0.1) is 0 Å². The molecule has 0 spiro atoms. The van der Waals surface area contributed by atoms with E-state index in [4.69, 9.17) is 4.74 Å². The molecule has 1 aromatic heterocycles. The Bertz CT molecular complexity index is 905. The molecule has 2 aliphatic rings. The number of hydrogen-bond acceptors (Lipinski definition) is 7. The van der Waals surface area contributed by atoms with Crippen molar-refractivity contribution in [3.63, 3.8) is 0 Å². The summed E-state index contributed by atoms with van der Waals surface area (Å²) >= 11 is 0. The van der Waals surface area contributed by atoms with E-state index in [9.17, 15) is 9.90 Å². The van der Waals surface area contributed by atoms with E-state index < -0.39 is 0 Å². The van der Waals surface area contributed by atoms with Crippen LogP contribution in [-0.2, 0) is 4.74 Å². The number of aromatic nitrogens is 2. The van der Waals surface area contributed by atoms with Crippen LogP contribution in [0.2, 0.25) is 0 Å². The smallest absolute Gasteiger partial charge is 0.253 e. The first-order valence-corrected chi connectivity index (χ1v) is 11.2. The van der Waals surface area contributed by atoms with Gasteiger partial charge in [0.1, 0.15) is 0 Å². The van der Waals surface area contributed by atoms with Crippen LogP contribution in [0.4, 0.5) is 5.95 Å². The van der Waals surface area contributed by atoms with Gasteiger partial charge in [-0.05, 0) is 45.6 Å². The number of aliphatic hydroxyl groups is 1. The van der Waals surface area contributed by atoms with Crippen LogP contribution < -0.4 is 10.6 Å². The van der Waals surface area contributed by atoms with Crippen molar-refractivity contribution in [3.8, 4) is 0 Å². The van der Waals surface area contributed by atoms with Crippen LogP contribution in [0, 0.1) is 0 Å². The Kier molecular flexibility index (Phi) is 6.69. The van der Waals surface area contributed by atoms with E-state index >= 15 is 0 Å². The van der Waals surface area contributed by atoms with Gasteiger partial charge < -0.3 is 20.5 Å². The third kappa shape index (κ3) is 5.70. The fraction of sp³-hybridized carbons (Fsp3) is 0.609. The third-order valence-corrected chi connectivity index (χ3v) is 6.06. The molecular formula is C23H33N5O3. The molecule has 0 bridgehead atoms. The molecule has 31 heavy (non-hydrogen) atoms. The number of aliphatic hydroxyl groups excluding tert-OH is 1. The van der Waals surface area contributed by atoms with Crippen molar-refractivity contribution in [2.45, 2.75) is 57.2 Å². The molecule has 1 aliphatic heterocycles. The monoisotopic (exact) mass is 427 g/mol. The highest BCUT2D eigenvalue weighted by molar-refractivity contribution is 6.05. The van der Waals surface area contributed by atoms with E-state index in [0.717, 1.165) is 63.9 Å². The molecule has 0 atom stereocenters. The summed E-state index contributed by atoms with van der Waals surface area (Å²) in [7, 11) is 0. The van der Waals surface area contributed by atoms with Crippen LogP contribution in [0.25, 0.3) is 10.9 Å². The second-order valence-electron chi connectivity index (χ2n) is 9.31. The number of amides is 1. The first-order chi connectivity index (χ1) is 14.9. The van der Waals surface area contributed by atoms with Crippen LogP contribution in [0.5, 0.6) is 0 Å². The number of carbonyl (C=O) groups is 1. The Morgan fingerprint density at radius 2 is 1.97 bits per heavy atom. The first kappa shape index (κ1) is 21.9. The number of carbonyl (C=O) groups excluding carboxylic acids is 1. The molecule has 2 fully saturated rings. The molecule has 168 valence electrons. The van der Waals surface area contributed by atoms with E-state index in [2.05, 4.69) is 25.5 Å². The Hall–Kier alpha value is -2.29. The largest absolute Gasteiger partial charge is 0.393 e. The second kappa shape index (κ2) is 9.46. The quantitative estimate of drug-likeness (QED) is 0.650. The summed E-state index contributed by atoms with van der Waals surface area (Å²) in [5, 5.41) is 17.1. The zero-order valence-electron chi connectivity index (χ0n) is 18.4. The maximum absolute atomic E-state index is 13.2. The highest BCUT2D eigenvalue weighted by Gasteiger charge is 2.26. The average Bonchev–Trinajstić information content (AvgIpc) is 2.75. The fourth-order valence-electron chi connectivity index (χ4n) is 4.44. The standard InChI is InChI=1S/C23H33N5O3/c1-23(2,15-28-10-12-31-13-11-28)27-21(30)19-5-3-4-16-14-24-22(26-20(16)19)25-17-6-8-18(29)9-7-17/h3-5,14,17-18,29H,6-13,15H2,1-2H3,(H,27,30)(H,24,25,26). The van der Waals surface area contributed by atoms with Crippen molar-refractivity contribution in [1.82, 2.24) is 20.2 Å². The molecule has 1 aliphatic carbocycles. The van der Waals surface area contributed by atoms with E-state index in [1.165, 1.54) is 0 Å². The van der Waals surface area contributed by atoms with E-state index in [0.29, 0.717) is 17.0 Å². The molecule has 0 unspecified atom stereocenters. The summed E-state index contributed by atoms with van der Waals surface area (Å²) in [5.41, 5.74) is 0.820. The zero-order valence-corrected chi connectivity index (χ0v) is 18.4. The highest BCUT2D eigenvalue weighted by Crippen LogP contribution is 2.23. The Morgan fingerprint density at radius 3 is 2.71 bits per heavy atom. The van der Waals surface area contributed by atoms with Gasteiger partial charge in [-0.3, -0.25) is 9.69 Å². The van der Waals surface area contributed by atoms with Crippen molar-refractivity contribution < 1.29 is 14.6 Å². The van der Waals surface area contributed by atoms with Gasteiger partial charge in [-0.25, -0.2) is 9.97 Å². The predicted molar refractivity (Wildman–Crippen MR) is 120 cm³/mol. The van der Waals surface area contributed by atoms with Gasteiger partial charge in [-0.1, -0.05) is 12.1 Å². The van der Waals surface area contributed by atoms with Gasteiger partial charge in [0, 0.05) is 42.8 Å². The van der Waals surface area contributed by atoms with Crippen LogP contribution in [0.1, 0.15) is 49.9 Å². The molecule has 4 rings (SSSR count). The van der Waals surface area contributed by atoms with Crippen LogP contribution in [0.15, 0.2) is 24.4 Å². The number of hydrogen-bond donors (Lipinski definition) is 3. The molecule has 1 amide bonds. The van der Waals surface area contributed by atoms with Crippen molar-refractivity contribution in [3.05, 3.63) is 30.0 Å². The summed E-state index contributed by atoms with van der Waals surface area (Å²) in [6.45, 7) is 8.10. The summed E-state index contributed by atoms with van der Waals surface area (Å²) < 4.78 is 5.42. The molecule has 0 radical (unpaired) electrons. The number of morpholine rings is 1. The zero-order chi connectivity index (χ0) is 21.8. The summed E-state index contributed by atoms with van der Waals surface area (Å²) in [6, 6.07) is 5.85. The normalized spacial score (nSPS) is 22.9. The number of benzene rings is 1. The molecular weight excluding hydrogens is 394 g/mol. The second-order valence-corrected chi connectivity index (χ2v) is 9.31.